The molecule has 0 saturated carbocycles. The first-order chi connectivity index (χ1) is 8.36. The molecule has 0 bridgehead atoms. The molecule has 0 radical (unpaired) electrons. The normalized spacial score (nSPS) is 18.2. The van der Waals surface area contributed by atoms with Gasteiger partial charge in [0.25, 0.3) is 0 Å². The summed E-state index contributed by atoms with van der Waals surface area (Å²) in [6, 6.07) is 4.40. The van der Waals surface area contributed by atoms with Crippen LogP contribution in [0.2, 0.25) is 0 Å². The smallest absolute Gasteiger partial charge is 0.0622 e. The number of hydrogen-bond acceptors (Lipinski definition) is 4. The summed E-state index contributed by atoms with van der Waals surface area (Å²) >= 11 is 0. The molecule has 17 heavy (non-hydrogen) atoms. The van der Waals surface area contributed by atoms with Gasteiger partial charge in [-0.25, -0.2) is 0 Å². The maximum atomic E-state index is 8.51. The first-order valence-corrected chi connectivity index (χ1v) is 6.55. The van der Waals surface area contributed by atoms with Gasteiger partial charge in [-0.05, 0) is 45.4 Å². The third kappa shape index (κ3) is 6.26. The van der Waals surface area contributed by atoms with Gasteiger partial charge in [0.2, 0.25) is 0 Å². The molecule has 0 aromatic rings. The van der Waals surface area contributed by atoms with Crippen LogP contribution in [-0.4, -0.2) is 49.1 Å². The van der Waals surface area contributed by atoms with Crippen LogP contribution in [0.1, 0.15) is 32.1 Å². The van der Waals surface area contributed by atoms with Crippen LogP contribution in [0.3, 0.4) is 0 Å². The van der Waals surface area contributed by atoms with E-state index in [9.17, 15) is 0 Å². The van der Waals surface area contributed by atoms with Crippen molar-refractivity contribution in [2.75, 3.05) is 39.3 Å². The third-order valence-corrected chi connectivity index (χ3v) is 3.21. The molecule has 4 nitrogen and oxygen atoms in total. The minimum Gasteiger partial charge on any atom is -0.302 e. The topological polar surface area (TPSA) is 54.1 Å². The Balaban J connectivity index is 2.16. The molecule has 0 aromatic carbocycles. The number of nitriles is 2. The number of unbranched alkanes of at least 4 members (excludes halogenated alkanes) is 2. The van der Waals surface area contributed by atoms with Gasteiger partial charge in [0, 0.05) is 25.9 Å². The second kappa shape index (κ2) is 8.98. The van der Waals surface area contributed by atoms with Crippen LogP contribution in [0.15, 0.2) is 0 Å². The third-order valence-electron chi connectivity index (χ3n) is 3.21. The van der Waals surface area contributed by atoms with Crippen LogP contribution in [0.5, 0.6) is 0 Å². The van der Waals surface area contributed by atoms with Gasteiger partial charge >= 0.3 is 0 Å². The van der Waals surface area contributed by atoms with Crippen molar-refractivity contribution in [3.8, 4) is 12.1 Å². The van der Waals surface area contributed by atoms with E-state index in [1.54, 1.807) is 0 Å². The Bertz CT molecular complexity index is 248. The Hall–Kier alpha value is -1.10. The highest BCUT2D eigenvalue weighted by Gasteiger charge is 2.13. The van der Waals surface area contributed by atoms with Crippen molar-refractivity contribution >= 4 is 0 Å². The Labute approximate surface area is 104 Å². The van der Waals surface area contributed by atoms with Gasteiger partial charge < -0.3 is 9.80 Å². The fraction of sp³-hybridized carbons (Fsp3) is 0.846. The quantitative estimate of drug-likeness (QED) is 0.655. The average Bonchev–Trinajstić information content (AvgIpc) is 2.56. The molecule has 0 aromatic heterocycles. The second-order valence-electron chi connectivity index (χ2n) is 4.56. The molecule has 94 valence electrons. The molecule has 0 unspecified atom stereocenters. The summed E-state index contributed by atoms with van der Waals surface area (Å²) in [5.74, 6) is 0. The van der Waals surface area contributed by atoms with Gasteiger partial charge in [-0.1, -0.05) is 0 Å². The summed E-state index contributed by atoms with van der Waals surface area (Å²) in [5.41, 5.74) is 0. The molecule has 1 rings (SSSR count). The summed E-state index contributed by atoms with van der Waals surface area (Å²) in [4.78, 5) is 4.92. The minimum absolute atomic E-state index is 0.669. The standard InChI is InChI=1S/C13H22N4/c14-6-1-3-8-16-10-5-11-17(13-12-16)9-4-2-7-15/h1-5,8-13H2. The van der Waals surface area contributed by atoms with E-state index in [2.05, 4.69) is 21.9 Å². The van der Waals surface area contributed by atoms with Crippen molar-refractivity contribution in [3.05, 3.63) is 0 Å². The van der Waals surface area contributed by atoms with E-state index >= 15 is 0 Å². The van der Waals surface area contributed by atoms with E-state index in [4.69, 9.17) is 10.5 Å². The number of rotatable bonds is 6. The van der Waals surface area contributed by atoms with Crippen LogP contribution in [0, 0.1) is 22.7 Å². The number of nitrogens with zero attached hydrogens (tertiary/aromatic N) is 4. The van der Waals surface area contributed by atoms with E-state index in [1.807, 2.05) is 0 Å². The van der Waals surface area contributed by atoms with Crippen molar-refractivity contribution < 1.29 is 0 Å². The van der Waals surface area contributed by atoms with E-state index in [-0.39, 0.29) is 0 Å². The van der Waals surface area contributed by atoms with Gasteiger partial charge in [-0.3, -0.25) is 0 Å². The Morgan fingerprint density at radius 3 is 1.65 bits per heavy atom. The molecule has 1 saturated heterocycles. The number of hydrogen-bond donors (Lipinski definition) is 0. The molecule has 0 spiro atoms. The van der Waals surface area contributed by atoms with E-state index < -0.39 is 0 Å². The lowest BCUT2D eigenvalue weighted by Crippen LogP contribution is -2.31. The molecule has 0 aliphatic carbocycles. The van der Waals surface area contributed by atoms with Crippen molar-refractivity contribution in [1.29, 1.82) is 10.5 Å². The van der Waals surface area contributed by atoms with Crippen molar-refractivity contribution in [2.24, 2.45) is 0 Å². The summed E-state index contributed by atoms with van der Waals surface area (Å²) in [6.45, 7) is 6.63. The van der Waals surface area contributed by atoms with Crippen LogP contribution >= 0.6 is 0 Å². The molecular weight excluding hydrogens is 212 g/mol. The molecule has 1 fully saturated rings. The maximum absolute atomic E-state index is 8.51. The largest absolute Gasteiger partial charge is 0.302 e. The van der Waals surface area contributed by atoms with Gasteiger partial charge in [0.15, 0.2) is 0 Å². The predicted octanol–water partition coefficient (Wildman–Crippen LogP) is 1.60. The highest BCUT2D eigenvalue weighted by atomic mass is 15.2. The summed E-state index contributed by atoms with van der Waals surface area (Å²) in [7, 11) is 0. The predicted molar refractivity (Wildman–Crippen MR) is 67.2 cm³/mol. The van der Waals surface area contributed by atoms with Gasteiger partial charge in [0.1, 0.15) is 0 Å². The van der Waals surface area contributed by atoms with Crippen molar-refractivity contribution in [1.82, 2.24) is 9.80 Å². The van der Waals surface area contributed by atoms with Crippen LogP contribution in [-0.2, 0) is 0 Å². The SMILES string of the molecule is N#CCCCN1CCCN(CCCC#N)CC1. The van der Waals surface area contributed by atoms with E-state index in [0.717, 1.165) is 52.1 Å². The van der Waals surface area contributed by atoms with Crippen LogP contribution in [0.4, 0.5) is 0 Å². The zero-order chi connectivity index (χ0) is 12.3. The lowest BCUT2D eigenvalue weighted by molar-refractivity contribution is 0.254. The van der Waals surface area contributed by atoms with Crippen molar-refractivity contribution in [2.45, 2.75) is 32.1 Å². The summed E-state index contributed by atoms with van der Waals surface area (Å²) in [6.07, 6.45) is 4.53. The minimum atomic E-state index is 0.669. The first-order valence-electron chi connectivity index (χ1n) is 6.55. The van der Waals surface area contributed by atoms with Crippen molar-refractivity contribution in [3.63, 3.8) is 0 Å². The average molecular weight is 234 g/mol. The van der Waals surface area contributed by atoms with Crippen LogP contribution in [0.25, 0.3) is 0 Å². The zero-order valence-corrected chi connectivity index (χ0v) is 10.6. The van der Waals surface area contributed by atoms with Gasteiger partial charge in [-0.15, -0.1) is 0 Å². The molecule has 0 amide bonds. The lowest BCUT2D eigenvalue weighted by atomic mass is 10.3. The Morgan fingerprint density at radius 2 is 1.24 bits per heavy atom. The fourth-order valence-electron chi connectivity index (χ4n) is 2.24. The van der Waals surface area contributed by atoms with E-state index in [1.165, 1.54) is 6.42 Å². The summed E-state index contributed by atoms with van der Waals surface area (Å²) < 4.78 is 0. The first kappa shape index (κ1) is 14.0. The maximum Gasteiger partial charge on any atom is 0.0622 e. The Kier molecular flexibility index (Phi) is 7.38. The molecule has 0 atom stereocenters. The zero-order valence-electron chi connectivity index (χ0n) is 10.6. The Morgan fingerprint density at radius 1 is 0.765 bits per heavy atom. The molecule has 1 aliphatic heterocycles. The molecule has 1 heterocycles. The monoisotopic (exact) mass is 234 g/mol. The van der Waals surface area contributed by atoms with Gasteiger partial charge in [0.05, 0.1) is 12.1 Å². The highest BCUT2D eigenvalue weighted by Crippen LogP contribution is 2.05. The lowest BCUT2D eigenvalue weighted by Gasteiger charge is -2.21. The molecule has 4 heteroatoms. The highest BCUT2D eigenvalue weighted by molar-refractivity contribution is 4.75. The fourth-order valence-corrected chi connectivity index (χ4v) is 2.24. The molecule has 0 N–H and O–H groups in total. The summed E-state index contributed by atoms with van der Waals surface area (Å²) in [5, 5.41) is 17.0. The molecular formula is C13H22N4. The second-order valence-corrected chi connectivity index (χ2v) is 4.56. The van der Waals surface area contributed by atoms with Crippen LogP contribution < -0.4 is 0 Å². The van der Waals surface area contributed by atoms with Gasteiger partial charge in [-0.2, -0.15) is 10.5 Å². The van der Waals surface area contributed by atoms with E-state index in [0.29, 0.717) is 12.8 Å². The molecule has 1 aliphatic rings.